The van der Waals surface area contributed by atoms with Crippen molar-refractivity contribution in [3.63, 3.8) is 0 Å². The monoisotopic (exact) mass is 248 g/mol. The molecule has 0 bridgehead atoms. The second-order valence-corrected chi connectivity index (χ2v) is 5.32. The maximum atomic E-state index is 11.4. The first-order chi connectivity index (χ1) is 8.50. The number of rotatable bonds is 2. The number of nitrogens with zero attached hydrogens (tertiary/aromatic N) is 2. The van der Waals surface area contributed by atoms with E-state index in [1.165, 1.54) is 0 Å². The fraction of sp³-hybridized carbons (Fsp3) is 0.571. The van der Waals surface area contributed by atoms with Crippen molar-refractivity contribution >= 4 is 11.8 Å². The van der Waals surface area contributed by atoms with E-state index in [9.17, 15) is 9.90 Å². The highest BCUT2D eigenvalue weighted by Crippen LogP contribution is 2.28. The van der Waals surface area contributed by atoms with Gasteiger partial charge in [-0.1, -0.05) is 13.8 Å². The molecular weight excluding hydrogens is 228 g/mol. The molecule has 4 heteroatoms. The average molecular weight is 248 g/mol. The van der Waals surface area contributed by atoms with Crippen molar-refractivity contribution in [3.8, 4) is 0 Å². The van der Waals surface area contributed by atoms with Crippen LogP contribution in [0.2, 0.25) is 0 Å². The molecule has 0 saturated carbocycles. The normalized spacial score (nSPS) is 24.1. The zero-order valence-corrected chi connectivity index (χ0v) is 11.2. The third-order valence-electron chi connectivity index (χ3n) is 3.99. The lowest BCUT2D eigenvalue weighted by Gasteiger charge is -2.36. The Labute approximate surface area is 108 Å². The molecule has 2 atom stereocenters. The Morgan fingerprint density at radius 2 is 2.17 bits per heavy atom. The number of aromatic carboxylic acids is 1. The van der Waals surface area contributed by atoms with E-state index < -0.39 is 5.97 Å². The average Bonchev–Trinajstić information content (AvgIpc) is 2.32. The van der Waals surface area contributed by atoms with E-state index in [-0.39, 0.29) is 0 Å². The first-order valence-electron chi connectivity index (χ1n) is 6.44. The number of carboxylic acids is 1. The quantitative estimate of drug-likeness (QED) is 0.874. The number of carboxylic acid groups (broad SMARTS) is 1. The Bertz CT molecular complexity index is 459. The number of aromatic nitrogens is 1. The van der Waals surface area contributed by atoms with Crippen LogP contribution in [0.5, 0.6) is 0 Å². The number of carbonyl (C=O) groups is 1. The fourth-order valence-corrected chi connectivity index (χ4v) is 2.50. The first kappa shape index (κ1) is 12.9. The molecule has 0 aliphatic carbocycles. The zero-order chi connectivity index (χ0) is 13.3. The molecule has 2 unspecified atom stereocenters. The van der Waals surface area contributed by atoms with Crippen LogP contribution in [0.15, 0.2) is 12.3 Å². The molecule has 2 rings (SSSR count). The molecule has 0 amide bonds. The number of anilines is 1. The minimum absolute atomic E-state index is 0.347. The van der Waals surface area contributed by atoms with Crippen molar-refractivity contribution in [1.82, 2.24) is 4.98 Å². The molecule has 0 aromatic carbocycles. The maximum Gasteiger partial charge on any atom is 0.339 e. The lowest BCUT2D eigenvalue weighted by molar-refractivity contribution is 0.0696. The van der Waals surface area contributed by atoms with Gasteiger partial charge in [0.2, 0.25) is 0 Å². The summed E-state index contributed by atoms with van der Waals surface area (Å²) >= 11 is 0. The predicted octanol–water partition coefficient (Wildman–Crippen LogP) is 2.57. The van der Waals surface area contributed by atoms with E-state index in [1.54, 1.807) is 12.3 Å². The van der Waals surface area contributed by atoms with Crippen LogP contribution in [-0.4, -0.2) is 29.1 Å². The van der Waals surface area contributed by atoms with Gasteiger partial charge >= 0.3 is 5.97 Å². The predicted molar refractivity (Wildman–Crippen MR) is 71.1 cm³/mol. The molecule has 18 heavy (non-hydrogen) atoms. The third-order valence-corrected chi connectivity index (χ3v) is 3.99. The Morgan fingerprint density at radius 3 is 2.78 bits per heavy atom. The molecule has 1 aromatic heterocycles. The number of piperidine rings is 1. The summed E-state index contributed by atoms with van der Waals surface area (Å²) in [5.74, 6) is 1.00. The Kier molecular flexibility index (Phi) is 3.55. The van der Waals surface area contributed by atoms with Crippen molar-refractivity contribution < 1.29 is 9.90 Å². The summed E-state index contributed by atoms with van der Waals surface area (Å²) in [4.78, 5) is 17.8. The minimum Gasteiger partial charge on any atom is -0.478 e. The second kappa shape index (κ2) is 4.96. The van der Waals surface area contributed by atoms with E-state index in [0.717, 1.165) is 25.1 Å². The van der Waals surface area contributed by atoms with Gasteiger partial charge in [-0.3, -0.25) is 0 Å². The van der Waals surface area contributed by atoms with Gasteiger partial charge in [-0.05, 0) is 36.8 Å². The van der Waals surface area contributed by atoms with Gasteiger partial charge in [-0.2, -0.15) is 0 Å². The van der Waals surface area contributed by atoms with Crippen LogP contribution in [0, 0.1) is 18.8 Å². The lowest BCUT2D eigenvalue weighted by Crippen LogP contribution is -2.39. The molecule has 1 N–H and O–H groups in total. The summed E-state index contributed by atoms with van der Waals surface area (Å²) in [7, 11) is 0. The molecular formula is C14H20N2O2. The highest BCUT2D eigenvalue weighted by molar-refractivity contribution is 5.95. The van der Waals surface area contributed by atoms with Gasteiger partial charge in [-0.15, -0.1) is 0 Å². The summed E-state index contributed by atoms with van der Waals surface area (Å²) in [5, 5.41) is 9.33. The van der Waals surface area contributed by atoms with E-state index in [4.69, 9.17) is 0 Å². The second-order valence-electron chi connectivity index (χ2n) is 5.32. The number of hydrogen-bond acceptors (Lipinski definition) is 3. The van der Waals surface area contributed by atoms with Gasteiger partial charge < -0.3 is 10.0 Å². The summed E-state index contributed by atoms with van der Waals surface area (Å²) in [6.45, 7) is 8.07. The van der Waals surface area contributed by atoms with Crippen molar-refractivity contribution in [3.05, 3.63) is 23.4 Å². The number of pyridine rings is 1. The van der Waals surface area contributed by atoms with Crippen LogP contribution in [-0.2, 0) is 0 Å². The van der Waals surface area contributed by atoms with Crippen LogP contribution in [0.25, 0.3) is 0 Å². The van der Waals surface area contributed by atoms with Crippen molar-refractivity contribution in [1.29, 1.82) is 0 Å². The van der Waals surface area contributed by atoms with E-state index in [2.05, 4.69) is 23.7 Å². The van der Waals surface area contributed by atoms with Crippen LogP contribution in [0.1, 0.15) is 36.2 Å². The molecule has 4 nitrogen and oxygen atoms in total. The zero-order valence-electron chi connectivity index (χ0n) is 11.2. The van der Waals surface area contributed by atoms with Crippen LogP contribution in [0.4, 0.5) is 5.82 Å². The van der Waals surface area contributed by atoms with Crippen LogP contribution >= 0.6 is 0 Å². The van der Waals surface area contributed by atoms with Gasteiger partial charge in [0.25, 0.3) is 0 Å². The van der Waals surface area contributed by atoms with Gasteiger partial charge in [0.15, 0.2) is 0 Å². The molecule has 1 aliphatic heterocycles. The molecule has 0 spiro atoms. The highest BCUT2D eigenvalue weighted by atomic mass is 16.4. The molecule has 1 fully saturated rings. The smallest absolute Gasteiger partial charge is 0.339 e. The number of aryl methyl sites for hydroxylation is 1. The van der Waals surface area contributed by atoms with Gasteiger partial charge in [0.1, 0.15) is 11.4 Å². The van der Waals surface area contributed by atoms with E-state index >= 15 is 0 Å². The largest absolute Gasteiger partial charge is 0.478 e. The first-order valence-corrected chi connectivity index (χ1v) is 6.44. The van der Waals surface area contributed by atoms with E-state index in [0.29, 0.717) is 23.2 Å². The molecule has 98 valence electrons. The molecule has 2 heterocycles. The van der Waals surface area contributed by atoms with Crippen molar-refractivity contribution in [2.24, 2.45) is 11.8 Å². The van der Waals surface area contributed by atoms with Crippen molar-refractivity contribution in [2.75, 3.05) is 18.0 Å². The Morgan fingerprint density at radius 1 is 1.44 bits per heavy atom. The summed E-state index contributed by atoms with van der Waals surface area (Å²) in [5.41, 5.74) is 1.12. The summed E-state index contributed by atoms with van der Waals surface area (Å²) in [6.07, 6.45) is 2.79. The molecule has 1 saturated heterocycles. The van der Waals surface area contributed by atoms with Gasteiger partial charge in [0.05, 0.1) is 0 Å². The lowest BCUT2D eigenvalue weighted by atomic mass is 9.88. The topological polar surface area (TPSA) is 53.4 Å². The van der Waals surface area contributed by atoms with Crippen LogP contribution in [0.3, 0.4) is 0 Å². The van der Waals surface area contributed by atoms with E-state index in [1.807, 2.05) is 6.92 Å². The highest BCUT2D eigenvalue weighted by Gasteiger charge is 2.27. The summed E-state index contributed by atoms with van der Waals surface area (Å²) < 4.78 is 0. The summed E-state index contributed by atoms with van der Waals surface area (Å²) in [6, 6.07) is 1.75. The standard InChI is InChI=1S/C14H20N2O2/c1-9-5-7-16(8-11(9)3)13-12(14(17)18)10(2)4-6-15-13/h4,6,9,11H,5,7-8H2,1-3H3,(H,17,18). The van der Waals surface area contributed by atoms with Gasteiger partial charge in [-0.25, -0.2) is 9.78 Å². The SMILES string of the molecule is Cc1ccnc(N2CCC(C)C(C)C2)c1C(=O)O. The minimum atomic E-state index is -0.887. The maximum absolute atomic E-state index is 11.4. The fourth-order valence-electron chi connectivity index (χ4n) is 2.50. The van der Waals surface area contributed by atoms with Gasteiger partial charge in [0, 0.05) is 19.3 Å². The Balaban J connectivity index is 2.34. The third kappa shape index (κ3) is 2.33. The molecule has 1 aromatic rings. The number of hydrogen-bond donors (Lipinski definition) is 1. The Hall–Kier alpha value is -1.58. The van der Waals surface area contributed by atoms with Crippen LogP contribution < -0.4 is 4.90 Å². The molecule has 1 aliphatic rings. The molecule has 0 radical (unpaired) electrons. The van der Waals surface area contributed by atoms with Crippen molar-refractivity contribution in [2.45, 2.75) is 27.2 Å².